The summed E-state index contributed by atoms with van der Waals surface area (Å²) in [7, 11) is 0. The van der Waals surface area contributed by atoms with Gasteiger partial charge in [-0.3, -0.25) is 4.98 Å². The van der Waals surface area contributed by atoms with Crippen molar-refractivity contribution in [3.05, 3.63) is 64.0 Å². The van der Waals surface area contributed by atoms with E-state index in [9.17, 15) is 4.39 Å². The average Bonchev–Trinajstić information content (AvgIpc) is 3.10. The monoisotopic (exact) mass is 394 g/mol. The fourth-order valence-electron chi connectivity index (χ4n) is 4.10. The number of hydrogen-bond acceptors (Lipinski definition) is 1. The van der Waals surface area contributed by atoms with Gasteiger partial charge in [0.25, 0.3) is 0 Å². The van der Waals surface area contributed by atoms with Gasteiger partial charge >= 0.3 is 0 Å². The number of aryl methyl sites for hydroxylation is 1. The fraction of sp³-hybridized carbons (Fsp3) is 0.190. The molecule has 0 amide bonds. The second kappa shape index (κ2) is 5.67. The Kier molecular flexibility index (Phi) is 3.42. The fourth-order valence-corrected chi connectivity index (χ4v) is 4.65. The molecule has 25 heavy (non-hydrogen) atoms. The predicted molar refractivity (Wildman–Crippen MR) is 103 cm³/mol. The molecule has 2 heterocycles. The zero-order valence-electron chi connectivity index (χ0n) is 13.6. The van der Waals surface area contributed by atoms with Crippen LogP contribution in [0.2, 0.25) is 0 Å². The Labute approximate surface area is 153 Å². The molecule has 124 valence electrons. The lowest BCUT2D eigenvalue weighted by molar-refractivity contribution is 0.627. The lowest BCUT2D eigenvalue weighted by Gasteiger charge is -2.23. The molecular formula is C21H16BrFN2. The van der Waals surface area contributed by atoms with Crippen molar-refractivity contribution in [1.82, 2.24) is 9.97 Å². The molecular weight excluding hydrogens is 379 g/mol. The number of nitrogens with one attached hydrogen (secondary N) is 1. The summed E-state index contributed by atoms with van der Waals surface area (Å²) >= 11 is 3.54. The van der Waals surface area contributed by atoms with Crippen LogP contribution < -0.4 is 0 Å². The van der Waals surface area contributed by atoms with Crippen molar-refractivity contribution in [2.45, 2.75) is 25.7 Å². The minimum atomic E-state index is -0.227. The highest BCUT2D eigenvalue weighted by molar-refractivity contribution is 9.10. The summed E-state index contributed by atoms with van der Waals surface area (Å²) in [5.74, 6) is -0.227. The molecule has 0 bridgehead atoms. The van der Waals surface area contributed by atoms with Gasteiger partial charge in [-0.05, 0) is 89.1 Å². The van der Waals surface area contributed by atoms with Crippen LogP contribution in [0.15, 0.2) is 47.1 Å². The van der Waals surface area contributed by atoms with Gasteiger partial charge in [0.1, 0.15) is 5.82 Å². The zero-order chi connectivity index (χ0) is 17.0. The molecule has 1 aliphatic rings. The average molecular weight is 395 g/mol. The molecule has 0 saturated carbocycles. The van der Waals surface area contributed by atoms with E-state index >= 15 is 0 Å². The summed E-state index contributed by atoms with van der Waals surface area (Å²) in [6.45, 7) is 0. The van der Waals surface area contributed by atoms with Crippen molar-refractivity contribution < 1.29 is 4.39 Å². The smallest absolute Gasteiger partial charge is 0.124 e. The Morgan fingerprint density at radius 1 is 1.00 bits per heavy atom. The first-order chi connectivity index (χ1) is 12.2. The van der Waals surface area contributed by atoms with E-state index in [2.05, 4.69) is 44.1 Å². The van der Waals surface area contributed by atoms with E-state index in [0.29, 0.717) is 0 Å². The number of halogens is 2. The largest absolute Gasteiger partial charge is 0.354 e. The van der Waals surface area contributed by atoms with Crippen LogP contribution in [0.5, 0.6) is 0 Å². The highest BCUT2D eigenvalue weighted by atomic mass is 79.9. The van der Waals surface area contributed by atoms with Crippen LogP contribution >= 0.6 is 15.9 Å². The van der Waals surface area contributed by atoms with Crippen LogP contribution in [0.1, 0.15) is 24.0 Å². The van der Waals surface area contributed by atoms with Gasteiger partial charge in [-0.2, -0.15) is 0 Å². The maximum absolute atomic E-state index is 13.5. The lowest BCUT2D eigenvalue weighted by atomic mass is 9.85. The SMILES string of the molecule is Fc1ccc(-c2[nH]c3ccc4nccc4c3c3c2CCCC3)c(Br)c1. The number of aromatic nitrogens is 2. The predicted octanol–water partition coefficient (Wildman–Crippen LogP) is 6.16. The molecule has 2 aromatic carbocycles. The first kappa shape index (κ1) is 15.1. The Morgan fingerprint density at radius 2 is 1.84 bits per heavy atom. The Morgan fingerprint density at radius 3 is 2.68 bits per heavy atom. The van der Waals surface area contributed by atoms with Crippen LogP contribution in [0.4, 0.5) is 4.39 Å². The molecule has 1 aliphatic carbocycles. The Hall–Kier alpha value is -2.20. The maximum atomic E-state index is 13.5. The van der Waals surface area contributed by atoms with Crippen LogP contribution in [-0.4, -0.2) is 9.97 Å². The van der Waals surface area contributed by atoms with E-state index in [1.54, 1.807) is 0 Å². The van der Waals surface area contributed by atoms with Crippen molar-refractivity contribution in [3.63, 3.8) is 0 Å². The van der Waals surface area contributed by atoms with E-state index in [1.807, 2.05) is 12.3 Å². The number of benzene rings is 2. The molecule has 5 rings (SSSR count). The third-order valence-electron chi connectivity index (χ3n) is 5.21. The number of aromatic amines is 1. The van der Waals surface area contributed by atoms with Gasteiger partial charge in [0, 0.05) is 32.5 Å². The van der Waals surface area contributed by atoms with Crippen LogP contribution in [0.25, 0.3) is 33.1 Å². The van der Waals surface area contributed by atoms with E-state index in [1.165, 1.54) is 46.9 Å². The van der Waals surface area contributed by atoms with E-state index in [4.69, 9.17) is 0 Å². The molecule has 2 nitrogen and oxygen atoms in total. The topological polar surface area (TPSA) is 28.7 Å². The van der Waals surface area contributed by atoms with Crippen molar-refractivity contribution >= 4 is 37.7 Å². The number of fused-ring (bicyclic) bond motifs is 5. The molecule has 0 radical (unpaired) electrons. The summed E-state index contributed by atoms with van der Waals surface area (Å²) in [6, 6.07) is 11.2. The van der Waals surface area contributed by atoms with Crippen LogP contribution in [0.3, 0.4) is 0 Å². The number of H-pyrrole nitrogens is 1. The quantitative estimate of drug-likeness (QED) is 0.411. The lowest BCUT2D eigenvalue weighted by Crippen LogP contribution is -2.08. The van der Waals surface area contributed by atoms with Gasteiger partial charge in [0.15, 0.2) is 0 Å². The van der Waals surface area contributed by atoms with E-state index in [-0.39, 0.29) is 5.82 Å². The van der Waals surface area contributed by atoms with Gasteiger partial charge < -0.3 is 4.98 Å². The van der Waals surface area contributed by atoms with Gasteiger partial charge in [-0.15, -0.1) is 0 Å². The highest BCUT2D eigenvalue weighted by Crippen LogP contribution is 2.39. The summed E-state index contributed by atoms with van der Waals surface area (Å²) < 4.78 is 14.3. The summed E-state index contributed by atoms with van der Waals surface area (Å²) in [5, 5.41) is 2.52. The van der Waals surface area contributed by atoms with Crippen molar-refractivity contribution in [1.29, 1.82) is 0 Å². The minimum Gasteiger partial charge on any atom is -0.354 e. The third kappa shape index (κ3) is 2.31. The molecule has 2 aromatic heterocycles. The van der Waals surface area contributed by atoms with E-state index < -0.39 is 0 Å². The second-order valence-corrected chi connectivity index (χ2v) is 7.51. The van der Waals surface area contributed by atoms with Gasteiger partial charge in [0.05, 0.1) is 11.2 Å². The summed E-state index contributed by atoms with van der Waals surface area (Å²) in [5.41, 5.74) is 7.07. The van der Waals surface area contributed by atoms with Gasteiger partial charge in [-0.1, -0.05) is 0 Å². The second-order valence-electron chi connectivity index (χ2n) is 6.65. The molecule has 0 saturated heterocycles. The van der Waals surface area contributed by atoms with Crippen LogP contribution in [0, 0.1) is 5.82 Å². The van der Waals surface area contributed by atoms with Crippen LogP contribution in [-0.2, 0) is 12.8 Å². The molecule has 4 heteroatoms. The molecule has 4 aromatic rings. The van der Waals surface area contributed by atoms with Gasteiger partial charge in [0.2, 0.25) is 0 Å². The van der Waals surface area contributed by atoms with E-state index in [0.717, 1.165) is 39.6 Å². The minimum absolute atomic E-state index is 0.227. The molecule has 0 spiro atoms. The number of hydrogen-bond donors (Lipinski definition) is 1. The third-order valence-corrected chi connectivity index (χ3v) is 5.86. The van der Waals surface area contributed by atoms with Crippen molar-refractivity contribution in [2.24, 2.45) is 0 Å². The highest BCUT2D eigenvalue weighted by Gasteiger charge is 2.21. The molecule has 0 unspecified atom stereocenters. The Bertz CT molecular complexity index is 1130. The number of pyridine rings is 1. The molecule has 0 atom stereocenters. The maximum Gasteiger partial charge on any atom is 0.124 e. The molecule has 0 aliphatic heterocycles. The standard InChI is InChI=1S/C21H16BrFN2/c22-17-11-12(23)5-6-15(17)21-14-4-2-1-3-13(14)20-16-9-10-24-18(16)7-8-19(20)25-21/h5-11,25H,1-4H2. The summed E-state index contributed by atoms with van der Waals surface area (Å²) in [4.78, 5) is 8.09. The first-order valence-electron chi connectivity index (χ1n) is 8.59. The molecule has 0 fully saturated rings. The molecule has 1 N–H and O–H groups in total. The van der Waals surface area contributed by atoms with Gasteiger partial charge in [-0.25, -0.2) is 4.39 Å². The number of rotatable bonds is 1. The Balaban J connectivity index is 1.90. The first-order valence-corrected chi connectivity index (χ1v) is 9.38. The zero-order valence-corrected chi connectivity index (χ0v) is 15.2. The van der Waals surface area contributed by atoms with Crippen molar-refractivity contribution in [2.75, 3.05) is 0 Å². The normalized spacial score (nSPS) is 14.2. The van der Waals surface area contributed by atoms with Crippen molar-refractivity contribution in [3.8, 4) is 11.3 Å². The summed E-state index contributed by atoms with van der Waals surface area (Å²) in [6.07, 6.45) is 6.40. The number of nitrogens with zero attached hydrogens (tertiary/aromatic N) is 1.